The van der Waals surface area contributed by atoms with Gasteiger partial charge in [0.05, 0.1) is 22.4 Å². The summed E-state index contributed by atoms with van der Waals surface area (Å²) in [7, 11) is 2.11. The van der Waals surface area contributed by atoms with Gasteiger partial charge in [0.2, 0.25) is 0 Å². The molecule has 0 fully saturated rings. The summed E-state index contributed by atoms with van der Waals surface area (Å²) in [6, 6.07) is 65.7. The minimum Gasteiger partial charge on any atom is -0.344 e. The molecule has 0 aliphatic carbocycles. The molecular formula is C54H42N4. The second kappa shape index (κ2) is 15.9. The molecule has 0 aliphatic heterocycles. The van der Waals surface area contributed by atoms with Gasteiger partial charge in [0, 0.05) is 57.1 Å². The van der Waals surface area contributed by atoms with Crippen molar-refractivity contribution in [1.29, 1.82) is 0 Å². The number of allylic oxidation sites excluding steroid dienone is 4. The summed E-state index contributed by atoms with van der Waals surface area (Å²) >= 11 is 0. The van der Waals surface area contributed by atoms with Crippen molar-refractivity contribution in [2.75, 3.05) is 11.9 Å². The summed E-state index contributed by atoms with van der Waals surface area (Å²) < 4.78 is 2.40. The number of benzene rings is 7. The number of aromatic nitrogens is 3. The zero-order chi connectivity index (χ0) is 39.4. The van der Waals surface area contributed by atoms with Gasteiger partial charge in [-0.1, -0.05) is 170 Å². The smallest absolute Gasteiger partial charge is 0.160 e. The van der Waals surface area contributed by atoms with Crippen LogP contribution in [-0.4, -0.2) is 21.6 Å². The van der Waals surface area contributed by atoms with Gasteiger partial charge in [0.25, 0.3) is 0 Å². The molecule has 0 atom stereocenters. The van der Waals surface area contributed by atoms with E-state index in [2.05, 4.69) is 186 Å². The summed E-state index contributed by atoms with van der Waals surface area (Å²) in [5.41, 5.74) is 14.6. The average Bonchev–Trinajstić information content (AvgIpc) is 3.64. The van der Waals surface area contributed by atoms with Crippen LogP contribution in [0, 0.1) is 0 Å². The maximum atomic E-state index is 5.06. The van der Waals surface area contributed by atoms with E-state index in [1.807, 2.05) is 43.3 Å². The Hall–Kier alpha value is -7.56. The van der Waals surface area contributed by atoms with E-state index >= 15 is 0 Å². The number of rotatable bonds is 10. The van der Waals surface area contributed by atoms with Crippen LogP contribution in [0.3, 0.4) is 0 Å². The fourth-order valence-electron chi connectivity index (χ4n) is 7.87. The van der Waals surface area contributed by atoms with Crippen LogP contribution in [0.2, 0.25) is 0 Å². The Morgan fingerprint density at radius 2 is 1.14 bits per heavy atom. The first-order valence-corrected chi connectivity index (χ1v) is 19.6. The molecule has 0 unspecified atom stereocenters. The lowest BCUT2D eigenvalue weighted by Gasteiger charge is -2.26. The number of para-hydroxylation sites is 3. The minimum absolute atomic E-state index is 0.699. The Morgan fingerprint density at radius 3 is 1.84 bits per heavy atom. The summed E-state index contributed by atoms with van der Waals surface area (Å²) in [5, 5.41) is 2.45. The van der Waals surface area contributed by atoms with Gasteiger partial charge in [-0.3, -0.25) is 0 Å². The Morgan fingerprint density at radius 1 is 0.569 bits per heavy atom. The summed E-state index contributed by atoms with van der Waals surface area (Å²) in [6.45, 7) is 6.83. The maximum absolute atomic E-state index is 5.06. The number of hydrogen-bond acceptors (Lipinski definition) is 3. The predicted molar refractivity (Wildman–Crippen MR) is 245 cm³/mol. The lowest BCUT2D eigenvalue weighted by atomic mass is 9.91. The second-order valence-electron chi connectivity index (χ2n) is 14.3. The molecule has 0 radical (unpaired) electrons. The van der Waals surface area contributed by atoms with E-state index in [-0.39, 0.29) is 0 Å². The third kappa shape index (κ3) is 6.82. The fourth-order valence-corrected chi connectivity index (χ4v) is 7.87. The van der Waals surface area contributed by atoms with Gasteiger partial charge in [-0.15, -0.1) is 0 Å². The van der Waals surface area contributed by atoms with E-state index in [0.29, 0.717) is 5.82 Å². The van der Waals surface area contributed by atoms with Crippen LogP contribution in [0.4, 0.5) is 5.69 Å². The van der Waals surface area contributed by atoms with Gasteiger partial charge in [-0.2, -0.15) is 0 Å². The first kappa shape index (κ1) is 36.1. The molecule has 0 spiro atoms. The van der Waals surface area contributed by atoms with E-state index < -0.39 is 0 Å². The Labute approximate surface area is 340 Å². The number of hydrogen-bond donors (Lipinski definition) is 0. The van der Waals surface area contributed by atoms with Gasteiger partial charge in [0.15, 0.2) is 5.82 Å². The lowest BCUT2D eigenvalue weighted by Crippen LogP contribution is -2.17. The largest absolute Gasteiger partial charge is 0.344 e. The molecule has 9 aromatic rings. The highest BCUT2D eigenvalue weighted by Gasteiger charge is 2.21. The molecule has 0 aliphatic rings. The van der Waals surface area contributed by atoms with Gasteiger partial charge in [-0.05, 0) is 66.1 Å². The number of nitrogens with zero attached hydrogens (tertiary/aromatic N) is 4. The van der Waals surface area contributed by atoms with Crippen molar-refractivity contribution in [2.24, 2.45) is 0 Å². The van der Waals surface area contributed by atoms with Crippen LogP contribution in [0.25, 0.3) is 78.1 Å². The highest BCUT2D eigenvalue weighted by atomic mass is 15.1. The molecule has 4 heteroatoms. The Bertz CT molecular complexity index is 2900. The quantitative estimate of drug-likeness (QED) is 0.131. The van der Waals surface area contributed by atoms with Crippen LogP contribution in [0.1, 0.15) is 12.5 Å². The molecule has 2 heterocycles. The van der Waals surface area contributed by atoms with Crippen molar-refractivity contribution >= 4 is 33.1 Å². The third-order valence-electron chi connectivity index (χ3n) is 10.7. The van der Waals surface area contributed by atoms with Crippen LogP contribution in [-0.2, 0) is 0 Å². The summed E-state index contributed by atoms with van der Waals surface area (Å²) in [6.07, 6.45) is 6.29. The van der Waals surface area contributed by atoms with Crippen molar-refractivity contribution in [3.63, 3.8) is 0 Å². The van der Waals surface area contributed by atoms with Crippen molar-refractivity contribution in [3.8, 4) is 50.7 Å². The zero-order valence-corrected chi connectivity index (χ0v) is 32.6. The number of likely N-dealkylation sites (N-methyl/N-ethyl adjacent to an activating group) is 1. The maximum Gasteiger partial charge on any atom is 0.160 e. The van der Waals surface area contributed by atoms with Crippen molar-refractivity contribution in [3.05, 3.63) is 224 Å². The highest BCUT2D eigenvalue weighted by molar-refractivity contribution is 6.14. The first-order chi connectivity index (χ1) is 28.6. The standard InChI is InChI=1S/C54H42N4/c1-4-5-31-51(57(3)42-35-33-40(34-36-42)50-37-49(39-20-9-6-10-21-39)55-54(56-50)41-22-11-7-12-23-41)38(2)44-26-15-16-27-45(44)47-29-19-30-48-46-28-17-18-32-52(46)58(53(47)48)43-24-13-8-14-25-43/h4-37H,2H2,1,3H3/b5-4-,51-31+. The van der Waals surface area contributed by atoms with Gasteiger partial charge >= 0.3 is 0 Å². The van der Waals surface area contributed by atoms with Crippen LogP contribution in [0.15, 0.2) is 219 Å². The Kier molecular flexibility index (Phi) is 9.89. The topological polar surface area (TPSA) is 34.0 Å². The van der Waals surface area contributed by atoms with E-state index in [9.17, 15) is 0 Å². The molecule has 7 aromatic carbocycles. The fraction of sp³-hybridized carbons (Fsp3) is 0.0370. The monoisotopic (exact) mass is 746 g/mol. The van der Waals surface area contributed by atoms with Crippen LogP contribution < -0.4 is 4.90 Å². The van der Waals surface area contributed by atoms with Crippen LogP contribution in [0.5, 0.6) is 0 Å². The SMILES string of the molecule is C=C(/C(=C\C=C/C)N(C)c1ccc(-c2cc(-c3ccccc3)nc(-c3ccccc3)n2)cc1)c1ccccc1-c1cccc2c3ccccc3n(-c3ccccc3)c12. The first-order valence-electron chi connectivity index (χ1n) is 19.6. The van der Waals surface area contributed by atoms with E-state index in [4.69, 9.17) is 16.5 Å². The zero-order valence-electron chi connectivity index (χ0n) is 32.6. The van der Waals surface area contributed by atoms with Crippen molar-refractivity contribution < 1.29 is 0 Å². The highest BCUT2D eigenvalue weighted by Crippen LogP contribution is 2.42. The molecule has 0 bridgehead atoms. The molecule has 58 heavy (non-hydrogen) atoms. The van der Waals surface area contributed by atoms with Crippen molar-refractivity contribution in [2.45, 2.75) is 6.92 Å². The molecule has 4 nitrogen and oxygen atoms in total. The second-order valence-corrected chi connectivity index (χ2v) is 14.3. The molecule has 278 valence electrons. The molecule has 0 saturated heterocycles. The summed E-state index contributed by atoms with van der Waals surface area (Å²) in [5.74, 6) is 0.699. The normalized spacial score (nSPS) is 11.7. The van der Waals surface area contributed by atoms with Gasteiger partial charge in [0.1, 0.15) is 0 Å². The average molecular weight is 747 g/mol. The molecule has 0 saturated carbocycles. The molecule has 2 aromatic heterocycles. The minimum atomic E-state index is 0.699. The van der Waals surface area contributed by atoms with Gasteiger partial charge in [-0.25, -0.2) is 9.97 Å². The Balaban J connectivity index is 1.10. The number of anilines is 1. The van der Waals surface area contributed by atoms with E-state index in [1.54, 1.807) is 0 Å². The van der Waals surface area contributed by atoms with Gasteiger partial charge < -0.3 is 9.47 Å². The molecule has 0 N–H and O–H groups in total. The molecule has 9 rings (SSSR count). The molecular weight excluding hydrogens is 705 g/mol. The molecule has 0 amide bonds. The van der Waals surface area contributed by atoms with Crippen LogP contribution >= 0.6 is 0 Å². The third-order valence-corrected chi connectivity index (χ3v) is 10.7. The van der Waals surface area contributed by atoms with Crippen molar-refractivity contribution in [1.82, 2.24) is 14.5 Å². The van der Waals surface area contributed by atoms with E-state index in [1.165, 1.54) is 21.8 Å². The number of fused-ring (bicyclic) bond motifs is 3. The predicted octanol–water partition coefficient (Wildman–Crippen LogP) is 13.9. The summed E-state index contributed by atoms with van der Waals surface area (Å²) in [4.78, 5) is 12.3. The van der Waals surface area contributed by atoms with E-state index in [0.717, 1.165) is 67.4 Å². The lowest BCUT2D eigenvalue weighted by molar-refractivity contribution is 1.14.